The summed E-state index contributed by atoms with van der Waals surface area (Å²) < 4.78 is 38.3. The van der Waals surface area contributed by atoms with Gasteiger partial charge in [0.15, 0.2) is 0 Å². The molecule has 0 N–H and O–H groups in total. The molecule has 1 aliphatic carbocycles. The summed E-state index contributed by atoms with van der Waals surface area (Å²) in [6.07, 6.45) is 0.256. The van der Waals surface area contributed by atoms with Crippen molar-refractivity contribution in [3.63, 3.8) is 0 Å². The van der Waals surface area contributed by atoms with Crippen molar-refractivity contribution in [3.8, 4) is 6.07 Å². The Hall–Kier alpha value is -1.70. The predicted molar refractivity (Wildman–Crippen MR) is 69.3 cm³/mol. The maximum atomic E-state index is 12.8. The molecule has 1 aromatic carbocycles. The average molecular weight is 280 g/mol. The Morgan fingerprint density at radius 3 is 2.55 bits per heavy atom. The first-order valence-corrected chi connectivity index (χ1v) is 6.80. The zero-order chi connectivity index (χ0) is 14.4. The van der Waals surface area contributed by atoms with E-state index in [1.807, 2.05) is 0 Å². The number of rotatable bonds is 1. The van der Waals surface area contributed by atoms with E-state index < -0.39 is 11.7 Å². The van der Waals surface area contributed by atoms with Gasteiger partial charge < -0.3 is 4.90 Å². The predicted octanol–water partition coefficient (Wildman–Crippen LogP) is 3.96. The fourth-order valence-corrected chi connectivity index (χ4v) is 3.08. The smallest absolute Gasteiger partial charge is 0.371 e. The van der Waals surface area contributed by atoms with Crippen molar-refractivity contribution >= 4 is 5.69 Å². The zero-order valence-corrected chi connectivity index (χ0v) is 11.0. The van der Waals surface area contributed by atoms with Gasteiger partial charge in [0.1, 0.15) is 0 Å². The van der Waals surface area contributed by atoms with E-state index in [1.54, 1.807) is 6.07 Å². The largest absolute Gasteiger partial charge is 0.417 e. The van der Waals surface area contributed by atoms with Gasteiger partial charge in [0.2, 0.25) is 0 Å². The Kier molecular flexibility index (Phi) is 2.93. The van der Waals surface area contributed by atoms with E-state index in [4.69, 9.17) is 5.26 Å². The summed E-state index contributed by atoms with van der Waals surface area (Å²) in [4.78, 5) is 2.12. The highest BCUT2D eigenvalue weighted by molar-refractivity contribution is 5.56. The second-order valence-electron chi connectivity index (χ2n) is 5.86. The monoisotopic (exact) mass is 280 g/mol. The van der Waals surface area contributed by atoms with Crippen LogP contribution in [0.2, 0.25) is 0 Å². The molecule has 2 nitrogen and oxygen atoms in total. The summed E-state index contributed by atoms with van der Waals surface area (Å²) in [6, 6.07) is 5.57. The fraction of sp³-hybridized carbons (Fsp3) is 0.533. The van der Waals surface area contributed by atoms with Gasteiger partial charge in [0, 0.05) is 18.8 Å². The van der Waals surface area contributed by atoms with Crippen molar-refractivity contribution in [2.45, 2.75) is 31.9 Å². The summed E-state index contributed by atoms with van der Waals surface area (Å²) in [5.74, 6) is 0. The zero-order valence-electron chi connectivity index (χ0n) is 11.0. The molecule has 1 spiro atoms. The minimum absolute atomic E-state index is 0.287. The number of hydrogen-bond acceptors (Lipinski definition) is 2. The number of nitriles is 1. The van der Waals surface area contributed by atoms with Gasteiger partial charge in [-0.25, -0.2) is 0 Å². The number of piperidine rings is 1. The van der Waals surface area contributed by atoms with Crippen LogP contribution in [0.4, 0.5) is 18.9 Å². The third-order valence-corrected chi connectivity index (χ3v) is 4.41. The van der Waals surface area contributed by atoms with Gasteiger partial charge in [0.05, 0.1) is 17.2 Å². The normalized spacial score (nSPS) is 20.8. The molecule has 1 aromatic rings. The third-order valence-electron chi connectivity index (χ3n) is 4.41. The van der Waals surface area contributed by atoms with Crippen LogP contribution >= 0.6 is 0 Å². The summed E-state index contributed by atoms with van der Waals surface area (Å²) >= 11 is 0. The van der Waals surface area contributed by atoms with E-state index in [2.05, 4.69) is 4.90 Å². The number of benzene rings is 1. The number of alkyl halides is 3. The highest BCUT2D eigenvalue weighted by atomic mass is 19.4. The van der Waals surface area contributed by atoms with Gasteiger partial charge in [-0.3, -0.25) is 0 Å². The Balaban J connectivity index is 1.89. The lowest BCUT2D eigenvalue weighted by molar-refractivity contribution is -0.137. The molecule has 2 fully saturated rings. The maximum absolute atomic E-state index is 12.8. The Labute approximate surface area is 115 Å². The molecule has 1 heterocycles. The molecule has 0 amide bonds. The minimum Gasteiger partial charge on any atom is -0.371 e. The highest BCUT2D eigenvalue weighted by Gasteiger charge is 2.45. The van der Waals surface area contributed by atoms with Gasteiger partial charge in [-0.1, -0.05) is 0 Å². The molecule has 0 bridgehead atoms. The first-order valence-electron chi connectivity index (χ1n) is 6.80. The van der Waals surface area contributed by atoms with E-state index >= 15 is 0 Å². The molecular formula is C15H15F3N2. The summed E-state index contributed by atoms with van der Waals surface area (Å²) in [5.41, 5.74) is 0.00106. The molecular weight excluding hydrogens is 265 g/mol. The van der Waals surface area contributed by atoms with E-state index in [9.17, 15) is 13.2 Å². The van der Waals surface area contributed by atoms with E-state index in [-0.39, 0.29) is 5.56 Å². The van der Waals surface area contributed by atoms with Gasteiger partial charge in [0.25, 0.3) is 0 Å². The van der Waals surface area contributed by atoms with Gasteiger partial charge in [-0.15, -0.1) is 0 Å². The quantitative estimate of drug-likeness (QED) is 0.778. The van der Waals surface area contributed by atoms with E-state index in [0.717, 1.165) is 31.3 Å². The van der Waals surface area contributed by atoms with Crippen molar-refractivity contribution in [2.75, 3.05) is 18.0 Å². The molecule has 0 aromatic heterocycles. The van der Waals surface area contributed by atoms with Crippen LogP contribution in [0.1, 0.15) is 36.8 Å². The lowest BCUT2D eigenvalue weighted by Gasteiger charge is -2.35. The molecule has 0 radical (unpaired) electrons. The van der Waals surface area contributed by atoms with Crippen LogP contribution in [0.5, 0.6) is 0 Å². The molecule has 0 unspecified atom stereocenters. The van der Waals surface area contributed by atoms with Crippen molar-refractivity contribution < 1.29 is 13.2 Å². The number of halogens is 3. The Bertz CT molecular complexity index is 567. The SMILES string of the molecule is N#Cc1cc(N2CCCC3(CC3)C2)ccc1C(F)(F)F. The van der Waals surface area contributed by atoms with Crippen molar-refractivity contribution in [2.24, 2.45) is 5.41 Å². The van der Waals surface area contributed by atoms with Crippen LogP contribution in [0.25, 0.3) is 0 Å². The van der Waals surface area contributed by atoms with Gasteiger partial charge in [-0.2, -0.15) is 18.4 Å². The first-order chi connectivity index (χ1) is 9.43. The van der Waals surface area contributed by atoms with Crippen molar-refractivity contribution in [1.82, 2.24) is 0 Å². The molecule has 0 atom stereocenters. The average Bonchev–Trinajstić information content (AvgIpc) is 3.16. The minimum atomic E-state index is -4.47. The molecule has 1 saturated heterocycles. The second kappa shape index (κ2) is 4.41. The molecule has 5 heteroatoms. The van der Waals surface area contributed by atoms with Crippen LogP contribution in [-0.2, 0) is 6.18 Å². The van der Waals surface area contributed by atoms with Gasteiger partial charge in [-0.05, 0) is 49.3 Å². The Morgan fingerprint density at radius 2 is 1.95 bits per heavy atom. The lowest BCUT2D eigenvalue weighted by atomic mass is 9.94. The Morgan fingerprint density at radius 1 is 1.20 bits per heavy atom. The van der Waals surface area contributed by atoms with E-state index in [0.29, 0.717) is 5.41 Å². The number of hydrogen-bond donors (Lipinski definition) is 0. The van der Waals surface area contributed by atoms with Crippen LogP contribution in [0.3, 0.4) is 0 Å². The first kappa shape index (κ1) is 13.3. The van der Waals surface area contributed by atoms with Crippen molar-refractivity contribution in [1.29, 1.82) is 5.26 Å². The van der Waals surface area contributed by atoms with E-state index in [1.165, 1.54) is 31.4 Å². The van der Waals surface area contributed by atoms with Crippen LogP contribution in [-0.4, -0.2) is 13.1 Å². The highest BCUT2D eigenvalue weighted by Crippen LogP contribution is 2.52. The molecule has 106 valence electrons. The molecule has 3 rings (SSSR count). The fourth-order valence-electron chi connectivity index (χ4n) is 3.08. The summed E-state index contributed by atoms with van der Waals surface area (Å²) in [5, 5.41) is 8.95. The molecule has 1 saturated carbocycles. The van der Waals surface area contributed by atoms with Crippen LogP contribution < -0.4 is 4.90 Å². The number of anilines is 1. The van der Waals surface area contributed by atoms with Crippen LogP contribution in [0, 0.1) is 16.7 Å². The maximum Gasteiger partial charge on any atom is 0.417 e. The standard InChI is InChI=1S/C15H15F3N2/c16-15(17,18)13-3-2-12(8-11(13)9-19)20-7-1-4-14(10-20)5-6-14/h2-3,8H,1,4-7,10H2. The van der Waals surface area contributed by atoms with Crippen molar-refractivity contribution in [3.05, 3.63) is 29.3 Å². The third kappa shape index (κ3) is 2.35. The summed E-state index contributed by atoms with van der Waals surface area (Å²) in [6.45, 7) is 1.77. The number of nitrogens with zero attached hydrogens (tertiary/aromatic N) is 2. The second-order valence-corrected chi connectivity index (χ2v) is 5.86. The molecule has 20 heavy (non-hydrogen) atoms. The topological polar surface area (TPSA) is 27.0 Å². The lowest BCUT2D eigenvalue weighted by Crippen LogP contribution is -2.36. The molecule has 1 aliphatic heterocycles. The van der Waals surface area contributed by atoms with Crippen LogP contribution in [0.15, 0.2) is 18.2 Å². The van der Waals surface area contributed by atoms with Gasteiger partial charge >= 0.3 is 6.18 Å². The molecule has 2 aliphatic rings. The summed E-state index contributed by atoms with van der Waals surface area (Å²) in [7, 11) is 0.